The number of nitrogens with zero attached hydrogens (tertiary/aromatic N) is 1. The molecule has 4 nitrogen and oxygen atoms in total. The van der Waals surface area contributed by atoms with Gasteiger partial charge in [0.15, 0.2) is 11.2 Å². The van der Waals surface area contributed by atoms with Crippen LogP contribution in [0.4, 0.5) is 0 Å². The quantitative estimate of drug-likeness (QED) is 0.677. The first-order valence-corrected chi connectivity index (χ1v) is 9.02. The smallest absolute Gasteiger partial charge is 0.192 e. The normalized spacial score (nSPS) is 15.2. The van der Waals surface area contributed by atoms with Crippen LogP contribution in [-0.4, -0.2) is 15.8 Å². The van der Waals surface area contributed by atoms with Gasteiger partial charge in [-0.1, -0.05) is 24.6 Å². The van der Waals surface area contributed by atoms with E-state index in [0.29, 0.717) is 16.6 Å². The molecule has 2 aromatic heterocycles. The molecule has 1 fully saturated rings. The average Bonchev–Trinajstić information content (AvgIpc) is 3.34. The molecule has 1 saturated carbocycles. The summed E-state index contributed by atoms with van der Waals surface area (Å²) in [5, 5.41) is 1.06. The Morgan fingerprint density at radius 3 is 2.65 bits per heavy atom. The summed E-state index contributed by atoms with van der Waals surface area (Å²) < 4.78 is 0. The van der Waals surface area contributed by atoms with Crippen molar-refractivity contribution in [2.24, 2.45) is 0 Å². The lowest BCUT2D eigenvalue weighted by atomic mass is 9.93. The first-order valence-electron chi connectivity index (χ1n) is 8.64. The van der Waals surface area contributed by atoms with Crippen LogP contribution in [0.25, 0.3) is 22.2 Å². The van der Waals surface area contributed by atoms with Crippen molar-refractivity contribution in [3.8, 4) is 11.3 Å². The SMILES string of the molecule is CC(=O)c1nccc2[nH]c(-c3cc(Cl)c(C4(C)CC4)cc3C)cc(=O)c12. The van der Waals surface area contributed by atoms with Crippen LogP contribution in [-0.2, 0) is 5.41 Å². The molecule has 0 amide bonds. The second-order valence-electron chi connectivity index (χ2n) is 7.39. The van der Waals surface area contributed by atoms with Crippen molar-refractivity contribution in [2.45, 2.75) is 39.0 Å². The zero-order valence-electron chi connectivity index (χ0n) is 14.9. The molecule has 26 heavy (non-hydrogen) atoms. The number of ketones is 1. The number of carbonyl (C=O) groups is 1. The lowest BCUT2D eigenvalue weighted by Crippen LogP contribution is -2.10. The van der Waals surface area contributed by atoms with Crippen LogP contribution in [0.2, 0.25) is 5.02 Å². The summed E-state index contributed by atoms with van der Waals surface area (Å²) in [6, 6.07) is 7.29. The van der Waals surface area contributed by atoms with Crippen molar-refractivity contribution in [1.82, 2.24) is 9.97 Å². The third kappa shape index (κ3) is 2.65. The number of nitrogens with one attached hydrogen (secondary N) is 1. The van der Waals surface area contributed by atoms with E-state index in [0.717, 1.165) is 29.0 Å². The standard InChI is InChI=1S/C21H19ClN2O2/c1-11-8-14(21(3)5-6-21)15(22)9-13(11)17-10-18(26)19-16(24-17)4-7-23-20(19)12(2)25/h4,7-10H,5-6H2,1-3H3,(H,24,26). The maximum absolute atomic E-state index is 12.7. The topological polar surface area (TPSA) is 62.8 Å². The fourth-order valence-corrected chi connectivity index (χ4v) is 3.89. The van der Waals surface area contributed by atoms with Crippen LogP contribution in [0.3, 0.4) is 0 Å². The molecule has 5 heteroatoms. The van der Waals surface area contributed by atoms with Gasteiger partial charge in [0.2, 0.25) is 0 Å². The highest BCUT2D eigenvalue weighted by Crippen LogP contribution is 2.50. The Morgan fingerprint density at radius 2 is 2.00 bits per heavy atom. The van der Waals surface area contributed by atoms with E-state index in [9.17, 15) is 9.59 Å². The predicted molar refractivity (Wildman–Crippen MR) is 104 cm³/mol. The predicted octanol–water partition coefficient (Wildman–Crippen LogP) is 4.81. The maximum atomic E-state index is 12.7. The number of hydrogen-bond donors (Lipinski definition) is 1. The molecule has 1 aliphatic rings. The van der Waals surface area contributed by atoms with Crippen LogP contribution in [0.1, 0.15) is 48.3 Å². The van der Waals surface area contributed by atoms with Gasteiger partial charge in [-0.15, -0.1) is 0 Å². The Morgan fingerprint density at radius 1 is 1.27 bits per heavy atom. The molecule has 0 aliphatic heterocycles. The van der Waals surface area contributed by atoms with E-state index in [1.165, 1.54) is 24.8 Å². The summed E-state index contributed by atoms with van der Waals surface area (Å²) in [7, 11) is 0. The summed E-state index contributed by atoms with van der Waals surface area (Å²) >= 11 is 6.55. The highest BCUT2D eigenvalue weighted by Gasteiger charge is 2.40. The number of benzene rings is 1. The minimum Gasteiger partial charge on any atom is -0.354 e. The zero-order valence-corrected chi connectivity index (χ0v) is 15.7. The third-order valence-electron chi connectivity index (χ3n) is 5.33. The molecule has 0 unspecified atom stereocenters. The summed E-state index contributed by atoms with van der Waals surface area (Å²) in [6.45, 7) is 5.66. The van der Waals surface area contributed by atoms with Gasteiger partial charge in [-0.05, 0) is 48.4 Å². The second-order valence-corrected chi connectivity index (χ2v) is 7.80. The van der Waals surface area contributed by atoms with E-state index < -0.39 is 0 Å². The molecular formula is C21H19ClN2O2. The van der Waals surface area contributed by atoms with Gasteiger partial charge in [-0.3, -0.25) is 14.6 Å². The Bertz CT molecular complexity index is 1130. The van der Waals surface area contributed by atoms with Crippen molar-refractivity contribution in [1.29, 1.82) is 0 Å². The fourth-order valence-electron chi connectivity index (χ4n) is 3.50. The van der Waals surface area contributed by atoms with E-state index >= 15 is 0 Å². The Labute approximate surface area is 156 Å². The summed E-state index contributed by atoms with van der Waals surface area (Å²) in [5.41, 5.74) is 4.57. The minimum atomic E-state index is -0.227. The Hall–Kier alpha value is -2.46. The molecule has 0 spiro atoms. The van der Waals surface area contributed by atoms with Crippen molar-refractivity contribution >= 4 is 28.3 Å². The molecule has 1 aromatic carbocycles. The van der Waals surface area contributed by atoms with Crippen molar-refractivity contribution in [3.05, 3.63) is 62.5 Å². The van der Waals surface area contributed by atoms with Gasteiger partial charge in [0.1, 0.15) is 5.69 Å². The number of halogens is 1. The van der Waals surface area contributed by atoms with Crippen LogP contribution < -0.4 is 5.43 Å². The zero-order chi connectivity index (χ0) is 18.6. The minimum absolute atomic E-state index is 0.180. The molecule has 3 aromatic rings. The van der Waals surface area contributed by atoms with E-state index in [1.807, 2.05) is 13.0 Å². The molecule has 1 aliphatic carbocycles. The number of pyridine rings is 2. The van der Waals surface area contributed by atoms with Crippen LogP contribution in [0.5, 0.6) is 0 Å². The largest absolute Gasteiger partial charge is 0.354 e. The number of Topliss-reactive ketones (excluding diaryl/α,β-unsaturated/α-hetero) is 1. The fraction of sp³-hybridized carbons (Fsp3) is 0.286. The van der Waals surface area contributed by atoms with Gasteiger partial charge < -0.3 is 4.98 Å². The molecule has 0 atom stereocenters. The lowest BCUT2D eigenvalue weighted by molar-refractivity contribution is 0.101. The van der Waals surface area contributed by atoms with Crippen LogP contribution in [0, 0.1) is 6.92 Å². The Balaban J connectivity index is 1.92. The average molecular weight is 367 g/mol. The third-order valence-corrected chi connectivity index (χ3v) is 5.64. The van der Waals surface area contributed by atoms with Gasteiger partial charge >= 0.3 is 0 Å². The Kier molecular flexibility index (Phi) is 3.77. The van der Waals surface area contributed by atoms with Crippen molar-refractivity contribution < 1.29 is 4.79 Å². The molecule has 0 radical (unpaired) electrons. The van der Waals surface area contributed by atoms with Gasteiger partial charge in [-0.2, -0.15) is 0 Å². The summed E-state index contributed by atoms with van der Waals surface area (Å²) in [4.78, 5) is 31.8. The molecule has 0 bridgehead atoms. The van der Waals surface area contributed by atoms with Crippen LogP contribution in [0.15, 0.2) is 35.3 Å². The van der Waals surface area contributed by atoms with E-state index in [4.69, 9.17) is 11.6 Å². The summed E-state index contributed by atoms with van der Waals surface area (Å²) in [6.07, 6.45) is 3.84. The number of rotatable bonds is 3. The van der Waals surface area contributed by atoms with E-state index in [-0.39, 0.29) is 22.3 Å². The van der Waals surface area contributed by atoms with Crippen molar-refractivity contribution in [2.75, 3.05) is 0 Å². The number of carbonyl (C=O) groups excluding carboxylic acids is 1. The van der Waals surface area contributed by atoms with E-state index in [2.05, 4.69) is 23.0 Å². The van der Waals surface area contributed by atoms with Gasteiger partial charge in [0.05, 0.1) is 16.6 Å². The highest BCUT2D eigenvalue weighted by molar-refractivity contribution is 6.32. The molecule has 1 N–H and O–H groups in total. The number of aromatic nitrogens is 2. The second kappa shape index (κ2) is 5.78. The van der Waals surface area contributed by atoms with Crippen LogP contribution >= 0.6 is 11.6 Å². The molecule has 132 valence electrons. The van der Waals surface area contributed by atoms with Crippen molar-refractivity contribution in [3.63, 3.8) is 0 Å². The molecule has 2 heterocycles. The first kappa shape index (κ1) is 17.0. The molecule has 0 saturated heterocycles. The van der Waals surface area contributed by atoms with Gasteiger partial charge in [0, 0.05) is 29.8 Å². The molecular weight excluding hydrogens is 348 g/mol. The van der Waals surface area contributed by atoms with Gasteiger partial charge in [0.25, 0.3) is 0 Å². The molecule has 4 rings (SSSR count). The maximum Gasteiger partial charge on any atom is 0.192 e. The number of H-pyrrole nitrogens is 1. The number of aromatic amines is 1. The summed E-state index contributed by atoms with van der Waals surface area (Å²) in [5.74, 6) is -0.227. The lowest BCUT2D eigenvalue weighted by Gasteiger charge is -2.16. The van der Waals surface area contributed by atoms with Gasteiger partial charge in [-0.25, -0.2) is 0 Å². The first-order chi connectivity index (χ1) is 12.3. The van der Waals surface area contributed by atoms with E-state index in [1.54, 1.807) is 6.07 Å². The monoisotopic (exact) mass is 366 g/mol. The number of aryl methyl sites for hydroxylation is 1. The number of hydrogen-bond acceptors (Lipinski definition) is 3. The highest BCUT2D eigenvalue weighted by atomic mass is 35.5. The number of fused-ring (bicyclic) bond motifs is 1.